The number of furan rings is 1. The molecule has 0 radical (unpaired) electrons. The van der Waals surface area contributed by atoms with Gasteiger partial charge < -0.3 is 19.4 Å². The van der Waals surface area contributed by atoms with Gasteiger partial charge in [0.15, 0.2) is 10.4 Å². The van der Waals surface area contributed by atoms with Crippen LogP contribution in [0.15, 0.2) is 15.2 Å². The highest BCUT2D eigenvalue weighted by Gasteiger charge is 2.18. The SMILES string of the molecule is Cc1cc(Br)oc1C(=O)NCCC(=O)N1CCOCC1. The highest BCUT2D eigenvalue weighted by atomic mass is 79.9. The van der Waals surface area contributed by atoms with E-state index in [1.54, 1.807) is 17.9 Å². The Hall–Kier alpha value is -1.34. The molecule has 1 fully saturated rings. The van der Waals surface area contributed by atoms with Crippen molar-refractivity contribution in [2.75, 3.05) is 32.8 Å². The summed E-state index contributed by atoms with van der Waals surface area (Å²) in [6.45, 7) is 4.50. The number of amides is 2. The van der Waals surface area contributed by atoms with Crippen molar-refractivity contribution in [3.63, 3.8) is 0 Å². The van der Waals surface area contributed by atoms with Crippen LogP contribution in [0.3, 0.4) is 0 Å². The topological polar surface area (TPSA) is 71.8 Å². The van der Waals surface area contributed by atoms with Crippen LogP contribution in [0.5, 0.6) is 0 Å². The lowest BCUT2D eigenvalue weighted by Gasteiger charge is -2.26. The average Bonchev–Trinajstić information content (AvgIpc) is 2.78. The largest absolute Gasteiger partial charge is 0.444 e. The quantitative estimate of drug-likeness (QED) is 0.894. The number of nitrogens with zero attached hydrogens (tertiary/aromatic N) is 1. The van der Waals surface area contributed by atoms with Gasteiger partial charge in [0.2, 0.25) is 5.91 Å². The predicted molar refractivity (Wildman–Crippen MR) is 75.5 cm³/mol. The third kappa shape index (κ3) is 3.83. The van der Waals surface area contributed by atoms with Crippen molar-refractivity contribution in [2.24, 2.45) is 0 Å². The van der Waals surface area contributed by atoms with Crippen LogP contribution >= 0.6 is 15.9 Å². The molecule has 7 heteroatoms. The lowest BCUT2D eigenvalue weighted by atomic mass is 10.2. The minimum Gasteiger partial charge on any atom is -0.444 e. The van der Waals surface area contributed by atoms with Gasteiger partial charge in [0.05, 0.1) is 13.2 Å². The van der Waals surface area contributed by atoms with E-state index < -0.39 is 0 Å². The fraction of sp³-hybridized carbons (Fsp3) is 0.538. The Labute approximate surface area is 125 Å². The van der Waals surface area contributed by atoms with Crippen LogP contribution in [-0.2, 0) is 9.53 Å². The number of hydrogen-bond acceptors (Lipinski definition) is 4. The van der Waals surface area contributed by atoms with Gasteiger partial charge in [0.25, 0.3) is 5.91 Å². The van der Waals surface area contributed by atoms with Crippen LogP contribution in [0.4, 0.5) is 0 Å². The molecule has 0 aliphatic carbocycles. The average molecular weight is 345 g/mol. The van der Waals surface area contributed by atoms with Gasteiger partial charge in [0.1, 0.15) is 0 Å². The number of rotatable bonds is 4. The van der Waals surface area contributed by atoms with Crippen LogP contribution in [-0.4, -0.2) is 49.6 Å². The first kappa shape index (κ1) is 15.1. The number of carbonyl (C=O) groups excluding carboxylic acids is 2. The minimum atomic E-state index is -0.303. The van der Waals surface area contributed by atoms with Crippen LogP contribution in [0.1, 0.15) is 22.5 Å². The van der Waals surface area contributed by atoms with E-state index in [1.807, 2.05) is 0 Å². The first-order valence-corrected chi connectivity index (χ1v) is 7.27. The summed E-state index contributed by atoms with van der Waals surface area (Å²) in [5.41, 5.74) is 0.758. The highest BCUT2D eigenvalue weighted by molar-refractivity contribution is 9.10. The number of hydrogen-bond donors (Lipinski definition) is 1. The van der Waals surface area contributed by atoms with Crippen LogP contribution in [0, 0.1) is 6.92 Å². The molecule has 2 rings (SSSR count). The van der Waals surface area contributed by atoms with E-state index in [0.717, 1.165) is 5.56 Å². The molecule has 1 N–H and O–H groups in total. The zero-order chi connectivity index (χ0) is 14.5. The molecule has 0 aromatic carbocycles. The molecule has 0 unspecified atom stereocenters. The molecule has 20 heavy (non-hydrogen) atoms. The maximum Gasteiger partial charge on any atom is 0.287 e. The Kier molecular flexibility index (Phi) is 5.19. The van der Waals surface area contributed by atoms with Crippen molar-refractivity contribution in [3.05, 3.63) is 22.1 Å². The van der Waals surface area contributed by atoms with Gasteiger partial charge in [-0.2, -0.15) is 0 Å². The van der Waals surface area contributed by atoms with E-state index in [2.05, 4.69) is 21.2 Å². The molecule has 0 bridgehead atoms. The van der Waals surface area contributed by atoms with Gasteiger partial charge in [-0.3, -0.25) is 9.59 Å². The third-order valence-corrected chi connectivity index (χ3v) is 3.47. The van der Waals surface area contributed by atoms with Crippen molar-refractivity contribution in [1.29, 1.82) is 0 Å². The van der Waals surface area contributed by atoms with Crippen molar-refractivity contribution >= 4 is 27.7 Å². The molecule has 6 nitrogen and oxygen atoms in total. The number of ether oxygens (including phenoxy) is 1. The summed E-state index contributed by atoms with van der Waals surface area (Å²) in [6, 6.07) is 1.73. The Bertz CT molecular complexity index is 495. The second-order valence-corrected chi connectivity index (χ2v) is 5.34. The molecule has 0 saturated carbocycles. The third-order valence-electron chi connectivity index (χ3n) is 3.08. The minimum absolute atomic E-state index is 0.0333. The van der Waals surface area contributed by atoms with E-state index in [0.29, 0.717) is 37.5 Å². The molecule has 0 spiro atoms. The smallest absolute Gasteiger partial charge is 0.287 e. The molecule has 2 amide bonds. The summed E-state index contributed by atoms with van der Waals surface area (Å²) in [5.74, 6) is 0.00428. The summed E-state index contributed by atoms with van der Waals surface area (Å²) in [6.07, 6.45) is 0.284. The van der Waals surface area contributed by atoms with E-state index >= 15 is 0 Å². The van der Waals surface area contributed by atoms with E-state index in [9.17, 15) is 9.59 Å². The number of halogens is 1. The van der Waals surface area contributed by atoms with Crippen molar-refractivity contribution in [2.45, 2.75) is 13.3 Å². The first-order valence-electron chi connectivity index (χ1n) is 6.47. The molecule has 1 aliphatic heterocycles. The lowest BCUT2D eigenvalue weighted by molar-refractivity contribution is -0.135. The van der Waals surface area contributed by atoms with Crippen molar-refractivity contribution < 1.29 is 18.7 Å². The molecule has 2 heterocycles. The summed E-state index contributed by atoms with van der Waals surface area (Å²) >= 11 is 3.18. The highest BCUT2D eigenvalue weighted by Crippen LogP contribution is 2.19. The summed E-state index contributed by atoms with van der Waals surface area (Å²) < 4.78 is 10.9. The van der Waals surface area contributed by atoms with E-state index in [1.165, 1.54) is 0 Å². The molecular weight excluding hydrogens is 328 g/mol. The molecular formula is C13H17BrN2O4. The standard InChI is InChI=1S/C13H17BrN2O4/c1-9-8-10(14)20-12(9)13(18)15-3-2-11(17)16-4-6-19-7-5-16/h8H,2-7H2,1H3,(H,15,18). The monoisotopic (exact) mass is 344 g/mol. The zero-order valence-electron chi connectivity index (χ0n) is 11.3. The van der Waals surface area contributed by atoms with Gasteiger partial charge in [-0.1, -0.05) is 0 Å². The summed E-state index contributed by atoms with van der Waals surface area (Å²) in [5, 5.41) is 2.69. The first-order chi connectivity index (χ1) is 9.58. The Balaban J connectivity index is 1.76. The predicted octanol–water partition coefficient (Wildman–Crippen LogP) is 1.33. The lowest BCUT2D eigenvalue weighted by Crippen LogP contribution is -2.42. The number of aryl methyl sites for hydroxylation is 1. The van der Waals surface area contributed by atoms with E-state index in [4.69, 9.17) is 9.15 Å². The summed E-state index contributed by atoms with van der Waals surface area (Å²) in [4.78, 5) is 25.5. The Morgan fingerprint density at radius 1 is 1.40 bits per heavy atom. The number of nitrogens with one attached hydrogen (secondary N) is 1. The Morgan fingerprint density at radius 2 is 2.10 bits per heavy atom. The second-order valence-electron chi connectivity index (χ2n) is 4.56. The van der Waals surface area contributed by atoms with Gasteiger partial charge in [-0.05, 0) is 28.9 Å². The molecule has 1 aliphatic rings. The van der Waals surface area contributed by atoms with Crippen LogP contribution < -0.4 is 5.32 Å². The normalized spacial score (nSPS) is 15.2. The summed E-state index contributed by atoms with van der Waals surface area (Å²) in [7, 11) is 0. The van der Waals surface area contributed by atoms with Gasteiger partial charge >= 0.3 is 0 Å². The molecule has 0 atom stereocenters. The fourth-order valence-corrected chi connectivity index (χ4v) is 2.51. The van der Waals surface area contributed by atoms with Gasteiger partial charge in [0, 0.05) is 31.6 Å². The zero-order valence-corrected chi connectivity index (χ0v) is 12.9. The van der Waals surface area contributed by atoms with Gasteiger partial charge in [-0.25, -0.2) is 0 Å². The van der Waals surface area contributed by atoms with Crippen molar-refractivity contribution in [1.82, 2.24) is 10.2 Å². The molecule has 1 aromatic heterocycles. The van der Waals surface area contributed by atoms with Crippen LogP contribution in [0.2, 0.25) is 0 Å². The van der Waals surface area contributed by atoms with Gasteiger partial charge in [-0.15, -0.1) is 0 Å². The number of carbonyl (C=O) groups is 2. The fourth-order valence-electron chi connectivity index (χ4n) is 2.00. The maximum absolute atomic E-state index is 11.9. The van der Waals surface area contributed by atoms with Crippen molar-refractivity contribution in [3.8, 4) is 0 Å². The van der Waals surface area contributed by atoms with E-state index in [-0.39, 0.29) is 24.0 Å². The number of morpholine rings is 1. The molecule has 110 valence electrons. The molecule has 1 saturated heterocycles. The van der Waals surface area contributed by atoms with Crippen LogP contribution in [0.25, 0.3) is 0 Å². The Morgan fingerprint density at radius 3 is 2.70 bits per heavy atom. The maximum atomic E-state index is 11.9. The second kappa shape index (κ2) is 6.90. The molecule has 1 aromatic rings.